The minimum Gasteiger partial charge on any atom is -0.530 e. The molecule has 1 aliphatic heterocycles. The first-order valence-corrected chi connectivity index (χ1v) is 12.7. The van der Waals surface area contributed by atoms with E-state index in [2.05, 4.69) is 5.32 Å². The van der Waals surface area contributed by atoms with Crippen LogP contribution in [-0.2, 0) is 21.0 Å². The summed E-state index contributed by atoms with van der Waals surface area (Å²) < 4.78 is 80.0. The maximum Gasteiger partial charge on any atom is 0.419 e. The lowest BCUT2D eigenvalue weighted by atomic mass is 9.96. The second-order valence-corrected chi connectivity index (χ2v) is 11.5. The fraction of sp³-hybridized carbons (Fsp3) is 0.636. The van der Waals surface area contributed by atoms with E-state index in [9.17, 15) is 40.7 Å². The first kappa shape index (κ1) is 27.2. The number of carbonyl (C=O) groups excluding carboxylic acids is 2. The molecule has 1 saturated heterocycles. The van der Waals surface area contributed by atoms with Gasteiger partial charge in [-0.05, 0) is 55.2 Å². The highest BCUT2D eigenvalue weighted by atomic mass is 32.2. The number of alkyl halides is 3. The van der Waals surface area contributed by atoms with E-state index in [1.165, 1.54) is 7.05 Å². The molecule has 0 radical (unpaired) electrons. The number of carboxylic acid groups (broad SMARTS) is 1. The highest BCUT2D eigenvalue weighted by molar-refractivity contribution is 7.89. The van der Waals surface area contributed by atoms with Crippen molar-refractivity contribution in [2.24, 2.45) is 17.8 Å². The minimum atomic E-state index is -5.04. The molecular formula is C22H28F4N3O5S-. The highest BCUT2D eigenvalue weighted by Crippen LogP contribution is 2.41. The van der Waals surface area contributed by atoms with Gasteiger partial charge in [0.25, 0.3) is 0 Å². The molecule has 1 aromatic carbocycles. The fourth-order valence-electron chi connectivity index (χ4n) is 4.92. The van der Waals surface area contributed by atoms with Gasteiger partial charge in [0.05, 0.1) is 10.5 Å². The van der Waals surface area contributed by atoms with Gasteiger partial charge in [0.2, 0.25) is 15.9 Å². The monoisotopic (exact) mass is 522 g/mol. The molecule has 1 heterocycles. The van der Waals surface area contributed by atoms with E-state index < -0.39 is 56.6 Å². The van der Waals surface area contributed by atoms with Crippen molar-refractivity contribution < 1.29 is 40.7 Å². The van der Waals surface area contributed by atoms with Crippen molar-refractivity contribution in [2.75, 3.05) is 20.1 Å². The Balaban J connectivity index is 1.76. The predicted molar refractivity (Wildman–Crippen MR) is 115 cm³/mol. The van der Waals surface area contributed by atoms with Gasteiger partial charge < -0.3 is 20.1 Å². The molecule has 1 unspecified atom stereocenters. The lowest BCUT2D eigenvalue weighted by Gasteiger charge is -2.32. The zero-order chi connectivity index (χ0) is 26.3. The summed E-state index contributed by atoms with van der Waals surface area (Å²) in [5.41, 5.74) is -1.66. The van der Waals surface area contributed by atoms with E-state index in [4.69, 9.17) is 0 Å². The summed E-state index contributed by atoms with van der Waals surface area (Å²) in [7, 11) is -3.08. The Morgan fingerprint density at radius 2 is 1.89 bits per heavy atom. The van der Waals surface area contributed by atoms with Gasteiger partial charge in [0, 0.05) is 26.2 Å². The summed E-state index contributed by atoms with van der Waals surface area (Å²) in [4.78, 5) is 24.4. The molecule has 0 bridgehead atoms. The second kappa shape index (κ2) is 9.92. The minimum absolute atomic E-state index is 0.0216. The predicted octanol–water partition coefficient (Wildman–Crippen LogP) is 2.05. The van der Waals surface area contributed by atoms with Gasteiger partial charge in [-0.2, -0.15) is 17.5 Å². The molecule has 1 aromatic rings. The van der Waals surface area contributed by atoms with Gasteiger partial charge in [-0.15, -0.1) is 0 Å². The SMILES string of the molecule is CC(C)CC(C(=O)N[C@@H]1CC[C@H]2CN(S(=O)(=O)c3ccc(F)c(C(F)(F)F)c3)C[C@H]21)N(C)C(=O)[O-]. The van der Waals surface area contributed by atoms with E-state index in [1.807, 2.05) is 13.8 Å². The van der Waals surface area contributed by atoms with Crippen molar-refractivity contribution in [2.45, 2.75) is 56.3 Å². The van der Waals surface area contributed by atoms with Gasteiger partial charge in [-0.25, -0.2) is 12.8 Å². The number of hydrogen-bond acceptors (Lipinski definition) is 5. The molecule has 8 nitrogen and oxygen atoms in total. The van der Waals surface area contributed by atoms with Gasteiger partial charge in [0.15, 0.2) is 0 Å². The van der Waals surface area contributed by atoms with Crippen LogP contribution in [-0.4, -0.2) is 61.8 Å². The Morgan fingerprint density at radius 1 is 1.23 bits per heavy atom. The largest absolute Gasteiger partial charge is 0.530 e. The molecule has 3 rings (SSSR count). The zero-order valence-electron chi connectivity index (χ0n) is 19.5. The molecule has 196 valence electrons. The van der Waals surface area contributed by atoms with Crippen LogP contribution >= 0.6 is 0 Å². The summed E-state index contributed by atoms with van der Waals surface area (Å²) in [6, 6.07) is 0.194. The van der Waals surface area contributed by atoms with Crippen LogP contribution in [0.2, 0.25) is 0 Å². The Labute approximate surface area is 201 Å². The number of sulfonamides is 1. The molecule has 2 fully saturated rings. The third-order valence-corrected chi connectivity index (χ3v) is 8.61. The van der Waals surface area contributed by atoms with Crippen LogP contribution in [0, 0.1) is 23.6 Å². The van der Waals surface area contributed by atoms with Gasteiger partial charge in [0.1, 0.15) is 18.0 Å². The molecule has 1 saturated carbocycles. The molecule has 2 amide bonds. The number of likely N-dealkylation sites (N-methyl/N-ethyl adjacent to an activating group) is 1. The van der Waals surface area contributed by atoms with E-state index in [0.717, 1.165) is 15.3 Å². The fourth-order valence-corrected chi connectivity index (χ4v) is 6.49. The Hall–Kier alpha value is -2.41. The van der Waals surface area contributed by atoms with Crippen LogP contribution in [0.25, 0.3) is 0 Å². The molecular weight excluding hydrogens is 494 g/mol. The van der Waals surface area contributed by atoms with Crippen molar-refractivity contribution in [3.05, 3.63) is 29.6 Å². The van der Waals surface area contributed by atoms with E-state index >= 15 is 0 Å². The van der Waals surface area contributed by atoms with Crippen LogP contribution < -0.4 is 10.4 Å². The van der Waals surface area contributed by atoms with Crippen molar-refractivity contribution in [1.29, 1.82) is 0 Å². The van der Waals surface area contributed by atoms with Gasteiger partial charge in [-0.1, -0.05) is 13.8 Å². The third kappa shape index (κ3) is 5.71. The molecule has 35 heavy (non-hydrogen) atoms. The summed E-state index contributed by atoms with van der Waals surface area (Å²) in [6.45, 7) is 3.72. The number of halogens is 4. The lowest BCUT2D eigenvalue weighted by Crippen LogP contribution is -2.54. The lowest BCUT2D eigenvalue weighted by molar-refractivity contribution is -0.266. The number of fused-ring (bicyclic) bond motifs is 1. The maximum absolute atomic E-state index is 13.6. The zero-order valence-corrected chi connectivity index (χ0v) is 20.3. The normalized spacial score (nSPS) is 23.8. The number of nitrogens with zero attached hydrogens (tertiary/aromatic N) is 2. The Kier molecular flexibility index (Phi) is 7.70. The van der Waals surface area contributed by atoms with Gasteiger partial charge >= 0.3 is 6.18 Å². The molecule has 2 aliphatic rings. The number of carbonyl (C=O) groups is 2. The number of hydrogen-bond donors (Lipinski definition) is 1. The topological polar surface area (TPSA) is 110 Å². The summed E-state index contributed by atoms with van der Waals surface area (Å²) >= 11 is 0. The molecule has 0 spiro atoms. The van der Waals surface area contributed by atoms with Crippen molar-refractivity contribution in [1.82, 2.24) is 14.5 Å². The number of rotatable bonds is 7. The number of benzene rings is 1. The van der Waals surface area contributed by atoms with Crippen molar-refractivity contribution in [3.63, 3.8) is 0 Å². The first-order chi connectivity index (χ1) is 16.1. The Bertz CT molecular complexity index is 1080. The molecule has 13 heteroatoms. The van der Waals surface area contributed by atoms with Crippen LogP contribution in [0.4, 0.5) is 22.4 Å². The third-order valence-electron chi connectivity index (χ3n) is 6.78. The van der Waals surface area contributed by atoms with E-state index in [-0.39, 0.29) is 37.3 Å². The maximum atomic E-state index is 13.6. The number of nitrogens with one attached hydrogen (secondary N) is 1. The highest BCUT2D eigenvalue weighted by Gasteiger charge is 2.47. The molecule has 1 N–H and O–H groups in total. The number of amides is 2. The molecule has 1 aliphatic carbocycles. The first-order valence-electron chi connectivity index (χ1n) is 11.2. The van der Waals surface area contributed by atoms with Gasteiger partial charge in [-0.3, -0.25) is 4.79 Å². The van der Waals surface area contributed by atoms with Crippen molar-refractivity contribution >= 4 is 22.0 Å². The molecule has 4 atom stereocenters. The average molecular weight is 523 g/mol. The quantitative estimate of drug-likeness (QED) is 0.552. The standard InChI is InChI=1S/C22H29F4N3O5S/c1-12(2)8-19(28(3)21(31)32)20(30)27-18-7-4-13-10-29(11-15(13)18)35(33,34)14-5-6-17(23)16(9-14)22(24,25)26/h5-6,9,12-13,15,18-19H,4,7-8,10-11H2,1-3H3,(H,27,30)(H,31,32)/p-1/t13-,15+,18+,19?/m0/s1. The van der Waals surface area contributed by atoms with Crippen LogP contribution in [0.3, 0.4) is 0 Å². The van der Waals surface area contributed by atoms with Crippen LogP contribution in [0.5, 0.6) is 0 Å². The summed E-state index contributed by atoms with van der Waals surface area (Å²) in [6.07, 6.45) is -5.12. The van der Waals surface area contributed by atoms with Crippen molar-refractivity contribution in [3.8, 4) is 0 Å². The summed E-state index contributed by atoms with van der Waals surface area (Å²) in [5.74, 6) is -2.46. The second-order valence-electron chi connectivity index (χ2n) is 9.60. The molecule has 0 aromatic heterocycles. The van der Waals surface area contributed by atoms with E-state index in [0.29, 0.717) is 25.0 Å². The van der Waals surface area contributed by atoms with Crippen LogP contribution in [0.15, 0.2) is 23.1 Å². The smallest absolute Gasteiger partial charge is 0.419 e. The van der Waals surface area contributed by atoms with E-state index in [1.54, 1.807) is 0 Å². The Morgan fingerprint density at radius 3 is 2.46 bits per heavy atom. The average Bonchev–Trinajstić information content (AvgIpc) is 3.33. The van der Waals surface area contributed by atoms with Crippen LogP contribution in [0.1, 0.15) is 38.7 Å². The summed E-state index contributed by atoms with van der Waals surface area (Å²) in [5, 5.41) is 14.2.